The Hall–Kier alpha value is -1.35. The Balaban J connectivity index is 1.25. The summed E-state index contributed by atoms with van der Waals surface area (Å²) in [6.45, 7) is 1.27. The van der Waals surface area contributed by atoms with Crippen molar-refractivity contribution >= 4 is 5.97 Å². The number of ether oxygens (including phenoxy) is 1. The molecule has 1 aromatic rings. The first-order valence-electron chi connectivity index (χ1n) is 11.8. The summed E-state index contributed by atoms with van der Waals surface area (Å²) < 4.78 is 6.32. The Labute approximate surface area is 167 Å². The normalized spacial score (nSPS) is 52.4. The summed E-state index contributed by atoms with van der Waals surface area (Å²) in [6.07, 6.45) is 9.92. The predicted molar refractivity (Wildman–Crippen MR) is 107 cm³/mol. The zero-order valence-electron chi connectivity index (χ0n) is 16.6. The van der Waals surface area contributed by atoms with E-state index in [-0.39, 0.29) is 12.1 Å². The molecular weight excluding hydrogens is 346 g/mol. The Morgan fingerprint density at radius 2 is 1.89 bits per heavy atom. The van der Waals surface area contributed by atoms with Gasteiger partial charge >= 0.3 is 5.97 Å². The Kier molecular flexibility index (Phi) is 3.30. The van der Waals surface area contributed by atoms with Crippen molar-refractivity contribution in [3.05, 3.63) is 35.9 Å². The van der Waals surface area contributed by atoms with Crippen molar-refractivity contribution in [1.29, 1.82) is 0 Å². The van der Waals surface area contributed by atoms with Gasteiger partial charge in [0.15, 0.2) is 0 Å². The summed E-state index contributed by atoms with van der Waals surface area (Å²) in [7, 11) is 0. The van der Waals surface area contributed by atoms with Gasteiger partial charge in [-0.05, 0) is 98.1 Å². The van der Waals surface area contributed by atoms with Crippen LogP contribution < -0.4 is 5.32 Å². The van der Waals surface area contributed by atoms with Gasteiger partial charge in [0, 0.05) is 12.0 Å². The Bertz CT molecular complexity index is 808. The molecule has 6 aliphatic rings. The van der Waals surface area contributed by atoms with Crippen molar-refractivity contribution in [3.8, 4) is 0 Å². The van der Waals surface area contributed by atoms with Gasteiger partial charge in [0.05, 0.1) is 5.56 Å². The van der Waals surface area contributed by atoms with Crippen molar-refractivity contribution in [1.82, 2.24) is 5.32 Å². The van der Waals surface area contributed by atoms with Gasteiger partial charge in [0.1, 0.15) is 6.10 Å². The summed E-state index contributed by atoms with van der Waals surface area (Å²) in [5.41, 5.74) is 1.25. The van der Waals surface area contributed by atoms with Crippen LogP contribution in [0.4, 0.5) is 0 Å². The third-order valence-electron chi connectivity index (χ3n) is 10.3. The summed E-state index contributed by atoms with van der Waals surface area (Å²) >= 11 is 0. The van der Waals surface area contributed by atoms with Crippen molar-refractivity contribution < 1.29 is 9.53 Å². The molecular formula is C25H31NO2. The van der Waals surface area contributed by atoms with E-state index >= 15 is 0 Å². The fraction of sp³-hybridized carbons (Fsp3) is 0.720. The Morgan fingerprint density at radius 1 is 1.00 bits per heavy atom. The topological polar surface area (TPSA) is 38.3 Å². The maximum Gasteiger partial charge on any atom is 0.338 e. The molecule has 1 N–H and O–H groups in total. The van der Waals surface area contributed by atoms with Crippen LogP contribution in [-0.4, -0.2) is 24.7 Å². The molecule has 1 spiro atoms. The summed E-state index contributed by atoms with van der Waals surface area (Å²) in [6, 6.07) is 10.4. The van der Waals surface area contributed by atoms with Crippen LogP contribution in [0.3, 0.4) is 0 Å². The highest BCUT2D eigenvalue weighted by atomic mass is 16.5. The highest BCUT2D eigenvalue weighted by Gasteiger charge is 2.73. The van der Waals surface area contributed by atoms with E-state index in [9.17, 15) is 4.79 Å². The standard InChI is InChI=1S/C25H31NO2/c27-24(14-5-2-1-3-6-14)28-22-15-8-9-17-18-12-19-16-7-4-10-25(19,23(18)26-13-16)20(11-15)21(17)22/h1-3,5-6,15-23,26H,4,7-13H2/t15-,16-,17+,18+,19+,20+,21+,22?,23+,25-/m0/s1. The van der Waals surface area contributed by atoms with E-state index in [1.807, 2.05) is 30.3 Å². The molecule has 1 heterocycles. The van der Waals surface area contributed by atoms with Gasteiger partial charge in [-0.3, -0.25) is 0 Å². The second-order valence-electron chi connectivity index (χ2n) is 10.8. The molecule has 5 saturated carbocycles. The predicted octanol–water partition coefficient (Wildman–Crippen LogP) is 4.28. The summed E-state index contributed by atoms with van der Waals surface area (Å²) in [5, 5.41) is 4.07. The van der Waals surface area contributed by atoms with Crippen LogP contribution in [0.5, 0.6) is 0 Å². The average Bonchev–Trinajstić information content (AvgIpc) is 3.03. The monoisotopic (exact) mass is 377 g/mol. The van der Waals surface area contributed by atoms with E-state index in [1.54, 1.807) is 0 Å². The molecule has 6 fully saturated rings. The highest BCUT2D eigenvalue weighted by Crippen LogP contribution is 2.74. The SMILES string of the molecule is O=C(OC1[C@H]2CC[C@@H]3[C@H]4C[C@@H]5[C@H]6CCC[C@]5([C@H](C2)[C@H]13)[C@@H]4NC6)c1ccccc1. The van der Waals surface area contributed by atoms with Gasteiger partial charge < -0.3 is 10.1 Å². The summed E-state index contributed by atoms with van der Waals surface area (Å²) in [5.74, 6) is 5.44. The maximum atomic E-state index is 12.9. The number of hydrogen-bond acceptors (Lipinski definition) is 3. The molecule has 3 heteroatoms. The molecule has 0 radical (unpaired) electrons. The minimum Gasteiger partial charge on any atom is -0.458 e. The lowest BCUT2D eigenvalue weighted by Crippen LogP contribution is -2.65. The zero-order valence-corrected chi connectivity index (χ0v) is 16.6. The largest absolute Gasteiger partial charge is 0.458 e. The molecule has 0 aromatic heterocycles. The molecule has 1 saturated heterocycles. The van der Waals surface area contributed by atoms with Gasteiger partial charge in [-0.1, -0.05) is 24.6 Å². The smallest absolute Gasteiger partial charge is 0.338 e. The first-order valence-corrected chi connectivity index (χ1v) is 11.8. The number of benzene rings is 1. The number of esters is 1. The van der Waals surface area contributed by atoms with Gasteiger partial charge in [0.25, 0.3) is 0 Å². The van der Waals surface area contributed by atoms with Crippen molar-refractivity contribution in [2.24, 2.45) is 46.8 Å². The third kappa shape index (κ3) is 1.88. The van der Waals surface area contributed by atoms with Crippen LogP contribution in [0.2, 0.25) is 0 Å². The van der Waals surface area contributed by atoms with E-state index in [1.165, 1.54) is 51.5 Å². The molecule has 10 atom stereocenters. The zero-order chi connectivity index (χ0) is 18.5. The second kappa shape index (κ2) is 5.62. The van der Waals surface area contributed by atoms with Crippen LogP contribution >= 0.6 is 0 Å². The van der Waals surface area contributed by atoms with Crippen molar-refractivity contribution in [2.75, 3.05) is 6.54 Å². The fourth-order valence-electron chi connectivity index (χ4n) is 9.70. The molecule has 7 bridgehead atoms. The molecule has 7 rings (SSSR count). The minimum atomic E-state index is -0.0906. The fourth-order valence-corrected chi connectivity index (χ4v) is 9.70. The van der Waals surface area contributed by atoms with Gasteiger partial charge in [-0.15, -0.1) is 0 Å². The van der Waals surface area contributed by atoms with Crippen LogP contribution in [0.15, 0.2) is 30.3 Å². The number of hydrogen-bond donors (Lipinski definition) is 1. The Morgan fingerprint density at radius 3 is 2.79 bits per heavy atom. The van der Waals surface area contributed by atoms with Crippen LogP contribution in [-0.2, 0) is 4.74 Å². The molecule has 5 aliphatic carbocycles. The second-order valence-corrected chi connectivity index (χ2v) is 10.8. The van der Waals surface area contributed by atoms with Gasteiger partial charge in [-0.25, -0.2) is 4.79 Å². The van der Waals surface area contributed by atoms with Crippen LogP contribution in [0.1, 0.15) is 55.3 Å². The number of nitrogens with one attached hydrogen (secondary N) is 1. The molecule has 28 heavy (non-hydrogen) atoms. The first kappa shape index (κ1) is 16.4. The lowest BCUT2D eigenvalue weighted by Gasteiger charge is -2.60. The number of carbonyl (C=O) groups is 1. The van der Waals surface area contributed by atoms with E-state index < -0.39 is 0 Å². The average molecular weight is 378 g/mol. The van der Waals surface area contributed by atoms with E-state index in [4.69, 9.17) is 4.74 Å². The third-order valence-corrected chi connectivity index (χ3v) is 10.3. The van der Waals surface area contributed by atoms with Crippen molar-refractivity contribution in [2.45, 2.75) is 57.1 Å². The quantitative estimate of drug-likeness (QED) is 0.782. The summed E-state index contributed by atoms with van der Waals surface area (Å²) in [4.78, 5) is 12.9. The van der Waals surface area contributed by atoms with Crippen LogP contribution in [0, 0.1) is 46.8 Å². The molecule has 1 aromatic carbocycles. The lowest BCUT2D eigenvalue weighted by molar-refractivity contribution is -0.114. The van der Waals surface area contributed by atoms with Gasteiger partial charge in [0.2, 0.25) is 0 Å². The van der Waals surface area contributed by atoms with E-state index in [0.29, 0.717) is 17.3 Å². The first-order chi connectivity index (χ1) is 13.8. The number of fused-ring (bicyclic) bond motifs is 2. The number of rotatable bonds is 2. The number of piperidine rings is 1. The van der Waals surface area contributed by atoms with E-state index in [2.05, 4.69) is 5.32 Å². The minimum absolute atomic E-state index is 0.0906. The highest BCUT2D eigenvalue weighted by molar-refractivity contribution is 5.89. The van der Waals surface area contributed by atoms with Gasteiger partial charge in [-0.2, -0.15) is 0 Å². The van der Waals surface area contributed by atoms with Crippen LogP contribution in [0.25, 0.3) is 0 Å². The van der Waals surface area contributed by atoms with Crippen molar-refractivity contribution in [3.63, 3.8) is 0 Å². The molecule has 148 valence electrons. The molecule has 0 amide bonds. The molecule has 1 unspecified atom stereocenters. The van der Waals surface area contributed by atoms with E-state index in [0.717, 1.165) is 41.2 Å². The molecule has 3 nitrogen and oxygen atoms in total. The maximum absolute atomic E-state index is 12.9. The number of carbonyl (C=O) groups excluding carboxylic acids is 1. The molecule has 1 aliphatic heterocycles. The lowest BCUT2D eigenvalue weighted by atomic mass is 9.49.